The van der Waals surface area contributed by atoms with Gasteiger partial charge in [-0.15, -0.1) is 0 Å². The van der Waals surface area contributed by atoms with Crippen molar-refractivity contribution in [2.45, 2.75) is 13.5 Å². The van der Waals surface area contributed by atoms with Crippen LogP contribution in [-0.2, 0) is 11.3 Å². The van der Waals surface area contributed by atoms with Gasteiger partial charge in [0.1, 0.15) is 11.6 Å². The molecule has 1 atom stereocenters. The van der Waals surface area contributed by atoms with Crippen LogP contribution in [0.15, 0.2) is 48.5 Å². The number of anilines is 1. The van der Waals surface area contributed by atoms with Crippen LogP contribution < -0.4 is 4.90 Å². The standard InChI is InChI=1S/C17H17F2NO2/c1-12(17(21)22)10-20(16-4-2-3-15(19)9-16)11-13-5-7-14(18)8-6-13/h2-9,12H,10-11H2,1H3,(H,21,22). The molecule has 2 aromatic rings. The van der Waals surface area contributed by atoms with Crippen LogP contribution >= 0.6 is 0 Å². The van der Waals surface area contributed by atoms with Gasteiger partial charge in [0, 0.05) is 18.8 Å². The van der Waals surface area contributed by atoms with Crippen LogP contribution in [0.4, 0.5) is 14.5 Å². The van der Waals surface area contributed by atoms with Crippen LogP contribution in [0.25, 0.3) is 0 Å². The largest absolute Gasteiger partial charge is 0.481 e. The summed E-state index contributed by atoms with van der Waals surface area (Å²) in [5, 5.41) is 9.08. The van der Waals surface area contributed by atoms with Gasteiger partial charge in [-0.1, -0.05) is 25.1 Å². The number of carboxylic acid groups (broad SMARTS) is 1. The van der Waals surface area contributed by atoms with E-state index in [0.29, 0.717) is 12.2 Å². The SMILES string of the molecule is CC(CN(Cc1ccc(F)cc1)c1cccc(F)c1)C(=O)O. The van der Waals surface area contributed by atoms with Gasteiger partial charge in [0.05, 0.1) is 5.92 Å². The molecule has 0 aliphatic heterocycles. The van der Waals surface area contributed by atoms with Crippen molar-refractivity contribution in [2.75, 3.05) is 11.4 Å². The second kappa shape index (κ2) is 7.02. The van der Waals surface area contributed by atoms with Gasteiger partial charge in [-0.3, -0.25) is 4.79 Å². The van der Waals surface area contributed by atoms with Crippen molar-refractivity contribution >= 4 is 11.7 Å². The summed E-state index contributed by atoms with van der Waals surface area (Å²) in [5.41, 5.74) is 1.42. The number of carbonyl (C=O) groups is 1. The molecule has 0 amide bonds. The number of benzene rings is 2. The van der Waals surface area contributed by atoms with Gasteiger partial charge in [0.2, 0.25) is 0 Å². The first kappa shape index (κ1) is 15.9. The predicted octanol–water partition coefficient (Wildman–Crippen LogP) is 3.69. The Kier molecular flexibility index (Phi) is 5.09. The van der Waals surface area contributed by atoms with Crippen LogP contribution in [0.3, 0.4) is 0 Å². The van der Waals surface area contributed by atoms with Crippen molar-refractivity contribution in [3.05, 3.63) is 65.7 Å². The van der Waals surface area contributed by atoms with Gasteiger partial charge in [-0.05, 0) is 35.9 Å². The molecule has 0 radical (unpaired) electrons. The molecule has 0 aliphatic carbocycles. The lowest BCUT2D eigenvalue weighted by Gasteiger charge is -2.27. The number of aliphatic carboxylic acids is 1. The van der Waals surface area contributed by atoms with Crippen molar-refractivity contribution in [1.29, 1.82) is 0 Å². The van der Waals surface area contributed by atoms with Gasteiger partial charge in [-0.2, -0.15) is 0 Å². The maximum Gasteiger partial charge on any atom is 0.308 e. The lowest BCUT2D eigenvalue weighted by atomic mass is 10.1. The van der Waals surface area contributed by atoms with E-state index in [4.69, 9.17) is 5.11 Å². The quantitative estimate of drug-likeness (QED) is 0.885. The summed E-state index contributed by atoms with van der Waals surface area (Å²) < 4.78 is 26.4. The molecule has 1 unspecified atom stereocenters. The fraction of sp³-hybridized carbons (Fsp3) is 0.235. The Morgan fingerprint density at radius 2 is 1.82 bits per heavy atom. The Bertz CT molecular complexity index is 643. The molecule has 116 valence electrons. The van der Waals surface area contributed by atoms with E-state index in [1.807, 2.05) is 0 Å². The normalized spacial score (nSPS) is 12.0. The minimum atomic E-state index is -0.916. The van der Waals surface area contributed by atoms with Crippen molar-refractivity contribution in [3.63, 3.8) is 0 Å². The molecule has 0 aromatic heterocycles. The maximum absolute atomic E-state index is 13.4. The van der Waals surface area contributed by atoms with E-state index < -0.39 is 11.9 Å². The highest BCUT2D eigenvalue weighted by molar-refractivity contribution is 5.70. The Morgan fingerprint density at radius 3 is 2.41 bits per heavy atom. The van der Waals surface area contributed by atoms with Crippen LogP contribution in [0, 0.1) is 17.6 Å². The van der Waals surface area contributed by atoms with Crippen LogP contribution in [0.5, 0.6) is 0 Å². The number of rotatable bonds is 6. The van der Waals surface area contributed by atoms with Gasteiger partial charge < -0.3 is 10.0 Å². The second-order valence-electron chi connectivity index (χ2n) is 5.23. The van der Waals surface area contributed by atoms with Crippen molar-refractivity contribution < 1.29 is 18.7 Å². The molecule has 0 saturated carbocycles. The molecule has 0 aliphatic rings. The van der Waals surface area contributed by atoms with Crippen molar-refractivity contribution in [3.8, 4) is 0 Å². The maximum atomic E-state index is 13.4. The molecule has 0 bridgehead atoms. The second-order valence-corrected chi connectivity index (χ2v) is 5.23. The zero-order valence-corrected chi connectivity index (χ0v) is 12.2. The van der Waals surface area contributed by atoms with Gasteiger partial charge in [-0.25, -0.2) is 8.78 Å². The molecule has 22 heavy (non-hydrogen) atoms. The molecule has 0 saturated heterocycles. The molecule has 2 aromatic carbocycles. The zero-order chi connectivity index (χ0) is 16.1. The van der Waals surface area contributed by atoms with E-state index in [2.05, 4.69) is 0 Å². The summed E-state index contributed by atoms with van der Waals surface area (Å²) >= 11 is 0. The van der Waals surface area contributed by atoms with Gasteiger partial charge in [0.15, 0.2) is 0 Å². The van der Waals surface area contributed by atoms with E-state index in [1.54, 1.807) is 36.1 Å². The molecule has 1 N–H and O–H groups in total. The number of hydrogen-bond acceptors (Lipinski definition) is 2. The van der Waals surface area contributed by atoms with E-state index in [-0.39, 0.29) is 18.2 Å². The summed E-state index contributed by atoms with van der Waals surface area (Å²) in [7, 11) is 0. The van der Waals surface area contributed by atoms with E-state index in [0.717, 1.165) is 5.56 Å². The zero-order valence-electron chi connectivity index (χ0n) is 12.2. The highest BCUT2D eigenvalue weighted by Gasteiger charge is 2.17. The number of nitrogens with zero attached hydrogens (tertiary/aromatic N) is 1. The topological polar surface area (TPSA) is 40.5 Å². The molecular formula is C17H17F2NO2. The van der Waals surface area contributed by atoms with Crippen molar-refractivity contribution in [2.24, 2.45) is 5.92 Å². The lowest BCUT2D eigenvalue weighted by Crippen LogP contribution is -2.31. The third-order valence-corrected chi connectivity index (χ3v) is 3.38. The summed E-state index contributed by atoms with van der Waals surface area (Å²) in [6.45, 7) is 2.21. The molecule has 5 heteroatoms. The first-order chi connectivity index (χ1) is 10.5. The molecule has 3 nitrogen and oxygen atoms in total. The molecule has 0 heterocycles. The Hall–Kier alpha value is -2.43. The minimum absolute atomic E-state index is 0.232. The Balaban J connectivity index is 2.24. The van der Waals surface area contributed by atoms with Gasteiger partial charge in [0.25, 0.3) is 0 Å². The van der Waals surface area contributed by atoms with Crippen LogP contribution in [-0.4, -0.2) is 17.6 Å². The minimum Gasteiger partial charge on any atom is -0.481 e. The fourth-order valence-corrected chi connectivity index (χ4v) is 2.15. The molecule has 2 rings (SSSR count). The highest BCUT2D eigenvalue weighted by Crippen LogP contribution is 2.20. The van der Waals surface area contributed by atoms with E-state index in [1.165, 1.54) is 24.3 Å². The first-order valence-electron chi connectivity index (χ1n) is 6.93. The van der Waals surface area contributed by atoms with E-state index >= 15 is 0 Å². The molecule has 0 spiro atoms. The molecular weight excluding hydrogens is 288 g/mol. The lowest BCUT2D eigenvalue weighted by molar-refractivity contribution is -0.140. The van der Waals surface area contributed by atoms with Crippen LogP contribution in [0.1, 0.15) is 12.5 Å². The monoisotopic (exact) mass is 305 g/mol. The first-order valence-corrected chi connectivity index (χ1v) is 6.93. The van der Waals surface area contributed by atoms with Crippen molar-refractivity contribution in [1.82, 2.24) is 0 Å². The summed E-state index contributed by atoms with van der Waals surface area (Å²) in [5.74, 6) is -2.24. The third kappa shape index (κ3) is 4.28. The number of hydrogen-bond donors (Lipinski definition) is 1. The smallest absolute Gasteiger partial charge is 0.308 e. The summed E-state index contributed by atoms with van der Waals surface area (Å²) in [4.78, 5) is 12.9. The van der Waals surface area contributed by atoms with Crippen LogP contribution in [0.2, 0.25) is 0 Å². The highest BCUT2D eigenvalue weighted by atomic mass is 19.1. The summed E-state index contributed by atoms with van der Waals surface area (Å²) in [6, 6.07) is 12.0. The predicted molar refractivity (Wildman–Crippen MR) is 80.6 cm³/mol. The third-order valence-electron chi connectivity index (χ3n) is 3.38. The van der Waals surface area contributed by atoms with E-state index in [9.17, 15) is 13.6 Å². The average Bonchev–Trinajstić information content (AvgIpc) is 2.48. The molecule has 0 fully saturated rings. The summed E-state index contributed by atoms with van der Waals surface area (Å²) in [6.07, 6.45) is 0. The average molecular weight is 305 g/mol. The Morgan fingerprint density at radius 1 is 1.14 bits per heavy atom. The number of carboxylic acids is 1. The fourth-order valence-electron chi connectivity index (χ4n) is 2.15. The number of halogens is 2. The Labute approximate surface area is 127 Å². The van der Waals surface area contributed by atoms with Gasteiger partial charge >= 0.3 is 5.97 Å².